The Balaban J connectivity index is 1.94. The van der Waals surface area contributed by atoms with Gasteiger partial charge in [-0.1, -0.05) is 62.4 Å². The van der Waals surface area contributed by atoms with Gasteiger partial charge in [0.05, 0.1) is 11.3 Å². The van der Waals surface area contributed by atoms with E-state index in [0.29, 0.717) is 5.57 Å². The second-order valence-corrected chi connectivity index (χ2v) is 5.77. The van der Waals surface area contributed by atoms with Crippen LogP contribution in [-0.4, -0.2) is 5.91 Å². The summed E-state index contributed by atoms with van der Waals surface area (Å²) < 4.78 is 0. The van der Waals surface area contributed by atoms with Crippen molar-refractivity contribution in [1.29, 1.82) is 0 Å². The quantitative estimate of drug-likeness (QED) is 0.904. The molecule has 1 aliphatic rings. The summed E-state index contributed by atoms with van der Waals surface area (Å²) in [4.78, 5) is 12.7. The SMILES string of the molecule is CC(C)C1=C(c2ccccc2)C(C(=O)Nc2ccccc2)=C[N]1. The monoisotopic (exact) mass is 303 g/mol. The molecular formula is C20H19N2O. The number of nitrogens with one attached hydrogen (secondary N) is 1. The lowest BCUT2D eigenvalue weighted by atomic mass is 9.94. The molecular weight excluding hydrogens is 284 g/mol. The van der Waals surface area contributed by atoms with Gasteiger partial charge < -0.3 is 5.32 Å². The van der Waals surface area contributed by atoms with Crippen LogP contribution in [-0.2, 0) is 4.79 Å². The summed E-state index contributed by atoms with van der Waals surface area (Å²) in [5, 5.41) is 7.44. The number of hydrogen-bond acceptors (Lipinski definition) is 1. The Morgan fingerprint density at radius 2 is 1.57 bits per heavy atom. The van der Waals surface area contributed by atoms with E-state index in [1.165, 1.54) is 0 Å². The van der Waals surface area contributed by atoms with E-state index in [1.54, 1.807) is 6.20 Å². The number of nitrogens with zero attached hydrogens (tertiary/aromatic N) is 1. The number of para-hydroxylation sites is 1. The van der Waals surface area contributed by atoms with Crippen molar-refractivity contribution >= 4 is 17.2 Å². The predicted octanol–water partition coefficient (Wildman–Crippen LogP) is 4.19. The Morgan fingerprint density at radius 3 is 2.17 bits per heavy atom. The van der Waals surface area contributed by atoms with Gasteiger partial charge in [-0.2, -0.15) is 0 Å². The number of rotatable bonds is 4. The number of carbonyl (C=O) groups excluding carboxylic acids is 1. The Kier molecular flexibility index (Phi) is 4.29. The van der Waals surface area contributed by atoms with Crippen LogP contribution in [0, 0.1) is 5.92 Å². The molecule has 3 heteroatoms. The highest BCUT2D eigenvalue weighted by Crippen LogP contribution is 2.34. The standard InChI is InChI=1S/C20H19N2O/c1-14(2)19-18(15-9-5-3-6-10-15)17(13-21-19)20(23)22-16-11-7-4-8-12-16/h3-14H,1-2H3,(H,22,23). The smallest absolute Gasteiger partial charge is 0.257 e. The summed E-state index contributed by atoms with van der Waals surface area (Å²) in [5.41, 5.74) is 4.29. The van der Waals surface area contributed by atoms with Crippen LogP contribution < -0.4 is 10.6 Å². The first-order valence-electron chi connectivity index (χ1n) is 7.74. The van der Waals surface area contributed by atoms with Crippen LogP contribution in [0.3, 0.4) is 0 Å². The lowest BCUT2D eigenvalue weighted by Crippen LogP contribution is -2.15. The molecule has 0 unspecified atom stereocenters. The minimum atomic E-state index is -0.130. The molecule has 1 heterocycles. The van der Waals surface area contributed by atoms with Gasteiger partial charge in [-0.3, -0.25) is 10.1 Å². The molecule has 115 valence electrons. The molecule has 3 rings (SSSR count). The first-order valence-corrected chi connectivity index (χ1v) is 7.74. The molecule has 0 bridgehead atoms. The van der Waals surface area contributed by atoms with Crippen molar-refractivity contribution in [3.63, 3.8) is 0 Å². The van der Waals surface area contributed by atoms with Crippen LogP contribution in [0.2, 0.25) is 0 Å². The summed E-state index contributed by atoms with van der Waals surface area (Å²) in [6.07, 6.45) is 1.68. The molecule has 0 aromatic heterocycles. The van der Waals surface area contributed by atoms with Crippen LogP contribution in [0.25, 0.3) is 5.57 Å². The molecule has 1 aliphatic heterocycles. The van der Waals surface area contributed by atoms with Crippen molar-refractivity contribution in [2.24, 2.45) is 5.92 Å². The highest BCUT2D eigenvalue weighted by atomic mass is 16.1. The average molecular weight is 303 g/mol. The molecule has 1 amide bonds. The Labute approximate surface area is 136 Å². The highest BCUT2D eigenvalue weighted by Gasteiger charge is 2.27. The maximum Gasteiger partial charge on any atom is 0.257 e. The molecule has 0 saturated heterocycles. The van der Waals surface area contributed by atoms with Crippen molar-refractivity contribution in [3.8, 4) is 0 Å². The summed E-state index contributed by atoms with van der Waals surface area (Å²) in [6.45, 7) is 4.18. The van der Waals surface area contributed by atoms with Crippen LogP contribution in [0.1, 0.15) is 19.4 Å². The first kappa shape index (κ1) is 15.1. The van der Waals surface area contributed by atoms with E-state index in [0.717, 1.165) is 22.5 Å². The van der Waals surface area contributed by atoms with Gasteiger partial charge in [-0.05, 0) is 23.6 Å². The van der Waals surface area contributed by atoms with E-state index >= 15 is 0 Å². The minimum absolute atomic E-state index is 0.130. The number of anilines is 1. The molecule has 2 aromatic rings. The zero-order valence-corrected chi connectivity index (χ0v) is 13.3. The van der Waals surface area contributed by atoms with Crippen LogP contribution in [0.4, 0.5) is 5.69 Å². The lowest BCUT2D eigenvalue weighted by molar-refractivity contribution is -0.112. The van der Waals surface area contributed by atoms with E-state index in [4.69, 9.17) is 0 Å². The zero-order chi connectivity index (χ0) is 16.2. The van der Waals surface area contributed by atoms with E-state index in [2.05, 4.69) is 24.5 Å². The number of carbonyl (C=O) groups is 1. The normalized spacial score (nSPS) is 13.8. The fraction of sp³-hybridized carbons (Fsp3) is 0.150. The van der Waals surface area contributed by atoms with Crippen LogP contribution in [0.15, 0.2) is 78.1 Å². The van der Waals surface area contributed by atoms with Gasteiger partial charge in [0.2, 0.25) is 0 Å². The van der Waals surface area contributed by atoms with Crippen LogP contribution >= 0.6 is 0 Å². The Morgan fingerprint density at radius 1 is 0.957 bits per heavy atom. The first-order chi connectivity index (χ1) is 11.2. The number of hydrogen-bond donors (Lipinski definition) is 1. The van der Waals surface area contributed by atoms with E-state index in [-0.39, 0.29) is 11.8 Å². The topological polar surface area (TPSA) is 43.2 Å². The summed E-state index contributed by atoms with van der Waals surface area (Å²) in [5.74, 6) is 0.123. The summed E-state index contributed by atoms with van der Waals surface area (Å²) in [6, 6.07) is 19.4. The average Bonchev–Trinajstić information content (AvgIpc) is 3.02. The zero-order valence-electron chi connectivity index (χ0n) is 13.3. The van der Waals surface area contributed by atoms with Gasteiger partial charge in [0.25, 0.3) is 5.91 Å². The number of allylic oxidation sites excluding steroid dienone is 1. The molecule has 2 aromatic carbocycles. The largest absolute Gasteiger partial charge is 0.322 e. The van der Waals surface area contributed by atoms with Crippen molar-refractivity contribution in [2.75, 3.05) is 5.32 Å². The van der Waals surface area contributed by atoms with Gasteiger partial charge in [0.1, 0.15) is 0 Å². The third kappa shape index (κ3) is 3.19. The second-order valence-electron chi connectivity index (χ2n) is 5.77. The van der Waals surface area contributed by atoms with Gasteiger partial charge in [-0.15, -0.1) is 0 Å². The maximum atomic E-state index is 12.7. The lowest BCUT2D eigenvalue weighted by Gasteiger charge is -2.13. The van der Waals surface area contributed by atoms with Gasteiger partial charge in [0.15, 0.2) is 0 Å². The Hall–Kier alpha value is -2.81. The summed E-state index contributed by atoms with van der Waals surface area (Å²) in [7, 11) is 0. The van der Waals surface area contributed by atoms with E-state index < -0.39 is 0 Å². The second kappa shape index (κ2) is 6.53. The number of benzene rings is 2. The summed E-state index contributed by atoms with van der Waals surface area (Å²) >= 11 is 0. The maximum absolute atomic E-state index is 12.7. The van der Waals surface area contributed by atoms with Crippen molar-refractivity contribution < 1.29 is 4.79 Å². The molecule has 0 atom stereocenters. The van der Waals surface area contributed by atoms with E-state index in [9.17, 15) is 4.79 Å². The van der Waals surface area contributed by atoms with Crippen molar-refractivity contribution in [3.05, 3.63) is 83.7 Å². The fourth-order valence-electron chi connectivity index (χ4n) is 2.64. The van der Waals surface area contributed by atoms with Gasteiger partial charge in [-0.25, -0.2) is 0 Å². The third-order valence-corrected chi connectivity index (χ3v) is 3.74. The fourth-order valence-corrected chi connectivity index (χ4v) is 2.64. The minimum Gasteiger partial charge on any atom is -0.322 e. The third-order valence-electron chi connectivity index (χ3n) is 3.74. The van der Waals surface area contributed by atoms with Crippen molar-refractivity contribution in [2.45, 2.75) is 13.8 Å². The molecule has 3 nitrogen and oxygen atoms in total. The molecule has 23 heavy (non-hydrogen) atoms. The molecule has 0 aliphatic carbocycles. The van der Waals surface area contributed by atoms with Gasteiger partial charge >= 0.3 is 0 Å². The molecule has 0 saturated carbocycles. The van der Waals surface area contributed by atoms with Crippen LogP contribution in [0.5, 0.6) is 0 Å². The number of amides is 1. The molecule has 1 N–H and O–H groups in total. The molecule has 0 fully saturated rings. The van der Waals surface area contributed by atoms with Crippen molar-refractivity contribution in [1.82, 2.24) is 5.32 Å². The Bertz CT molecular complexity index is 759. The van der Waals surface area contributed by atoms with Gasteiger partial charge in [0, 0.05) is 17.5 Å². The molecule has 0 spiro atoms. The van der Waals surface area contributed by atoms with E-state index in [1.807, 2.05) is 60.7 Å². The highest BCUT2D eigenvalue weighted by molar-refractivity contribution is 6.16. The predicted molar refractivity (Wildman–Crippen MR) is 93.5 cm³/mol. The molecule has 1 radical (unpaired) electrons.